The molecule has 6 nitrogen and oxygen atoms in total. The molecular formula is C19H18Cl2N4O2S. The lowest BCUT2D eigenvalue weighted by molar-refractivity contribution is 0.601. The summed E-state index contributed by atoms with van der Waals surface area (Å²) in [4.78, 5) is 8.72. The van der Waals surface area contributed by atoms with Gasteiger partial charge in [0, 0.05) is 27.8 Å². The summed E-state index contributed by atoms with van der Waals surface area (Å²) >= 11 is 11.8. The fourth-order valence-corrected chi connectivity index (χ4v) is 4.45. The van der Waals surface area contributed by atoms with Crippen molar-refractivity contribution in [3.63, 3.8) is 0 Å². The second-order valence-corrected chi connectivity index (χ2v) is 8.67. The van der Waals surface area contributed by atoms with Crippen LogP contribution in [0.3, 0.4) is 0 Å². The average molecular weight is 437 g/mol. The zero-order valence-corrected chi connectivity index (χ0v) is 17.5. The van der Waals surface area contributed by atoms with E-state index < -0.39 is 10.0 Å². The first-order valence-electron chi connectivity index (χ1n) is 8.36. The second-order valence-electron chi connectivity index (χ2n) is 6.18. The van der Waals surface area contributed by atoms with E-state index in [4.69, 9.17) is 23.2 Å². The van der Waals surface area contributed by atoms with Crippen LogP contribution in [0.1, 0.15) is 17.2 Å². The highest BCUT2D eigenvalue weighted by Gasteiger charge is 2.18. The molecule has 2 N–H and O–H groups in total. The molecule has 0 radical (unpaired) electrons. The Bertz CT molecular complexity index is 1080. The molecule has 0 aliphatic heterocycles. The van der Waals surface area contributed by atoms with Gasteiger partial charge in [0.25, 0.3) is 10.0 Å². The van der Waals surface area contributed by atoms with Crippen LogP contribution in [-0.4, -0.2) is 18.4 Å². The Balaban J connectivity index is 1.68. The fraction of sp³-hybridized carbons (Fsp3) is 0.158. The number of hydrogen-bond acceptors (Lipinski definition) is 5. The van der Waals surface area contributed by atoms with Crippen LogP contribution in [0.2, 0.25) is 10.0 Å². The van der Waals surface area contributed by atoms with Crippen molar-refractivity contribution in [2.45, 2.75) is 25.3 Å². The number of nitrogens with zero attached hydrogens (tertiary/aromatic N) is 2. The maximum absolute atomic E-state index is 12.5. The molecule has 0 fully saturated rings. The zero-order valence-electron chi connectivity index (χ0n) is 15.2. The lowest BCUT2D eigenvalue weighted by Crippen LogP contribution is -2.13. The predicted molar refractivity (Wildman–Crippen MR) is 113 cm³/mol. The first kappa shape index (κ1) is 20.4. The summed E-state index contributed by atoms with van der Waals surface area (Å²) in [5.74, 6) is 0.694. The molecule has 146 valence electrons. The SMILES string of the molecule is Cc1cc(C)nc(CNc2ccc(NS(=O)(=O)c3ccc(Cl)cc3Cl)cc2)n1. The van der Waals surface area contributed by atoms with Crippen LogP contribution < -0.4 is 10.0 Å². The van der Waals surface area contributed by atoms with Crippen molar-refractivity contribution >= 4 is 44.6 Å². The lowest BCUT2D eigenvalue weighted by Gasteiger charge is -2.11. The van der Waals surface area contributed by atoms with Crippen molar-refractivity contribution in [2.24, 2.45) is 0 Å². The van der Waals surface area contributed by atoms with Crippen LogP contribution in [0.15, 0.2) is 53.4 Å². The molecule has 0 atom stereocenters. The summed E-state index contributed by atoms with van der Waals surface area (Å²) in [6.07, 6.45) is 0. The molecule has 0 unspecified atom stereocenters. The molecule has 0 amide bonds. The van der Waals surface area contributed by atoms with E-state index in [0.717, 1.165) is 17.1 Å². The topological polar surface area (TPSA) is 84.0 Å². The molecule has 1 aromatic heterocycles. The Kier molecular flexibility index (Phi) is 6.07. The Morgan fingerprint density at radius 2 is 1.50 bits per heavy atom. The lowest BCUT2D eigenvalue weighted by atomic mass is 10.3. The van der Waals surface area contributed by atoms with Crippen LogP contribution in [0.4, 0.5) is 11.4 Å². The van der Waals surface area contributed by atoms with E-state index in [2.05, 4.69) is 20.0 Å². The third kappa shape index (κ3) is 5.13. The first-order chi connectivity index (χ1) is 13.2. The minimum absolute atomic E-state index is 0.0345. The van der Waals surface area contributed by atoms with E-state index in [1.807, 2.05) is 19.9 Å². The number of nitrogens with one attached hydrogen (secondary N) is 2. The quantitative estimate of drug-likeness (QED) is 0.578. The van der Waals surface area contributed by atoms with Gasteiger partial charge in [-0.1, -0.05) is 23.2 Å². The molecule has 0 saturated heterocycles. The van der Waals surface area contributed by atoms with Crippen molar-refractivity contribution in [2.75, 3.05) is 10.0 Å². The van der Waals surface area contributed by atoms with E-state index in [1.54, 1.807) is 24.3 Å². The number of sulfonamides is 1. The highest BCUT2D eigenvalue weighted by molar-refractivity contribution is 7.92. The Hall–Kier alpha value is -2.35. The number of halogens is 2. The Morgan fingerprint density at radius 1 is 0.893 bits per heavy atom. The van der Waals surface area contributed by atoms with Crippen molar-refractivity contribution in [3.8, 4) is 0 Å². The maximum atomic E-state index is 12.5. The standard InChI is InChI=1S/C19H18Cl2N4O2S/c1-12-9-13(2)24-19(23-12)11-22-15-4-6-16(7-5-15)25-28(26,27)18-8-3-14(20)10-17(18)21/h3-10,22,25H,11H2,1-2H3. The van der Waals surface area contributed by atoms with Crippen LogP contribution in [0.25, 0.3) is 0 Å². The van der Waals surface area contributed by atoms with E-state index in [0.29, 0.717) is 23.1 Å². The molecule has 0 saturated carbocycles. The van der Waals surface area contributed by atoms with Gasteiger partial charge in [-0.25, -0.2) is 18.4 Å². The highest BCUT2D eigenvalue weighted by atomic mass is 35.5. The van der Waals surface area contributed by atoms with Crippen molar-refractivity contribution in [1.82, 2.24) is 9.97 Å². The van der Waals surface area contributed by atoms with Gasteiger partial charge in [0.2, 0.25) is 0 Å². The Labute approximate surface area is 174 Å². The minimum atomic E-state index is -3.82. The number of aryl methyl sites for hydroxylation is 2. The van der Waals surface area contributed by atoms with Gasteiger partial charge in [0.15, 0.2) is 0 Å². The summed E-state index contributed by atoms with van der Waals surface area (Å²) in [7, 11) is -3.82. The Morgan fingerprint density at radius 3 is 2.11 bits per heavy atom. The van der Waals surface area contributed by atoms with Gasteiger partial charge in [-0.15, -0.1) is 0 Å². The smallest absolute Gasteiger partial charge is 0.263 e. The number of benzene rings is 2. The molecule has 28 heavy (non-hydrogen) atoms. The molecule has 0 bridgehead atoms. The second kappa shape index (κ2) is 8.34. The predicted octanol–water partition coefficient (Wildman–Crippen LogP) is 4.81. The molecule has 9 heteroatoms. The number of hydrogen-bond donors (Lipinski definition) is 2. The summed E-state index contributed by atoms with van der Waals surface area (Å²) in [5.41, 5.74) is 3.05. The zero-order chi connectivity index (χ0) is 20.3. The van der Waals surface area contributed by atoms with E-state index in [9.17, 15) is 8.42 Å². The first-order valence-corrected chi connectivity index (χ1v) is 10.6. The van der Waals surface area contributed by atoms with E-state index >= 15 is 0 Å². The van der Waals surface area contributed by atoms with E-state index in [-0.39, 0.29) is 9.92 Å². The summed E-state index contributed by atoms with van der Waals surface area (Å²) < 4.78 is 27.5. The van der Waals surface area contributed by atoms with Gasteiger partial charge >= 0.3 is 0 Å². The van der Waals surface area contributed by atoms with Crippen LogP contribution in [0, 0.1) is 13.8 Å². The summed E-state index contributed by atoms with van der Waals surface area (Å²) in [6, 6.07) is 13.0. The molecule has 0 aliphatic carbocycles. The monoisotopic (exact) mass is 436 g/mol. The van der Waals surface area contributed by atoms with Gasteiger partial charge in [-0.05, 0) is 62.4 Å². The van der Waals surface area contributed by atoms with Crippen LogP contribution in [-0.2, 0) is 16.6 Å². The maximum Gasteiger partial charge on any atom is 0.263 e. The third-order valence-corrected chi connectivity index (χ3v) is 5.90. The molecule has 3 rings (SSSR count). The van der Waals surface area contributed by atoms with Crippen LogP contribution in [0.5, 0.6) is 0 Å². The third-order valence-electron chi connectivity index (χ3n) is 3.80. The normalized spacial score (nSPS) is 11.3. The fourth-order valence-electron chi connectivity index (χ4n) is 2.62. The van der Waals surface area contributed by atoms with Gasteiger partial charge in [0.05, 0.1) is 11.6 Å². The number of anilines is 2. The van der Waals surface area contributed by atoms with Crippen LogP contribution >= 0.6 is 23.2 Å². The van der Waals surface area contributed by atoms with E-state index in [1.165, 1.54) is 18.2 Å². The van der Waals surface area contributed by atoms with Crippen molar-refractivity contribution < 1.29 is 8.42 Å². The average Bonchev–Trinajstić information content (AvgIpc) is 2.59. The molecular weight excluding hydrogens is 419 g/mol. The molecule has 3 aromatic rings. The summed E-state index contributed by atoms with van der Waals surface area (Å²) in [6.45, 7) is 4.31. The van der Waals surface area contributed by atoms with Crippen molar-refractivity contribution in [3.05, 3.63) is 75.8 Å². The van der Waals surface area contributed by atoms with Gasteiger partial charge < -0.3 is 5.32 Å². The molecule has 0 spiro atoms. The van der Waals surface area contributed by atoms with Gasteiger partial charge in [-0.2, -0.15) is 0 Å². The van der Waals surface area contributed by atoms with Gasteiger partial charge in [0.1, 0.15) is 10.7 Å². The van der Waals surface area contributed by atoms with Gasteiger partial charge in [-0.3, -0.25) is 4.72 Å². The molecule has 0 aliphatic rings. The summed E-state index contributed by atoms with van der Waals surface area (Å²) in [5, 5.41) is 3.64. The largest absolute Gasteiger partial charge is 0.378 e. The molecule has 2 aromatic carbocycles. The minimum Gasteiger partial charge on any atom is -0.378 e. The number of rotatable bonds is 6. The van der Waals surface area contributed by atoms with Crippen molar-refractivity contribution in [1.29, 1.82) is 0 Å². The molecule has 1 heterocycles. The number of aromatic nitrogens is 2. The highest BCUT2D eigenvalue weighted by Crippen LogP contribution is 2.27.